The maximum absolute atomic E-state index is 11.8. The molecule has 0 aliphatic carbocycles. The summed E-state index contributed by atoms with van der Waals surface area (Å²) in [7, 11) is 0. The number of nitrogens with zero attached hydrogens (tertiary/aromatic N) is 2. The van der Waals surface area contributed by atoms with Crippen molar-refractivity contribution in [1.29, 1.82) is 0 Å². The van der Waals surface area contributed by atoms with Gasteiger partial charge in [0.1, 0.15) is 18.5 Å². The molecule has 2 rings (SSSR count). The number of nitrogens with one attached hydrogen (secondary N) is 1. The number of aliphatic hydroxyl groups is 2. The zero-order valence-corrected chi connectivity index (χ0v) is 11.6. The Labute approximate surface area is 123 Å². The first-order valence-corrected chi connectivity index (χ1v) is 6.29. The molecule has 2 heterocycles. The van der Waals surface area contributed by atoms with Crippen molar-refractivity contribution in [2.45, 2.75) is 37.0 Å². The highest BCUT2D eigenvalue weighted by Gasteiger charge is 2.56. The predicted octanol–water partition coefficient (Wildman–Crippen LogP) is -2.53. The molecular weight excluding hydrogens is 304 g/mol. The van der Waals surface area contributed by atoms with Crippen molar-refractivity contribution in [3.8, 4) is 11.3 Å². The average Bonchev–Trinajstić information content (AvgIpc) is 2.64. The maximum Gasteiger partial charge on any atom is 0.350 e. The summed E-state index contributed by atoms with van der Waals surface area (Å²) < 4.78 is 6.29. The average molecular weight is 317 g/mol. The van der Waals surface area contributed by atoms with Gasteiger partial charge in [0, 0.05) is 5.38 Å². The Balaban J connectivity index is 2.56. The van der Waals surface area contributed by atoms with Gasteiger partial charge in [0.2, 0.25) is 0 Å². The van der Waals surface area contributed by atoms with Crippen molar-refractivity contribution in [1.82, 2.24) is 14.5 Å². The summed E-state index contributed by atoms with van der Waals surface area (Å²) in [6, 6.07) is 0. The lowest BCUT2D eigenvalue weighted by atomic mass is 9.90. The molecule has 21 heavy (non-hydrogen) atoms. The SMILES string of the molecule is C[C@@H](O)[C@H]1O[C@@H](n2cnc(=O)[nH]c2=O)C(N)(C#CCl)[C@H]1O. The molecule has 0 amide bonds. The van der Waals surface area contributed by atoms with Gasteiger partial charge < -0.3 is 20.7 Å². The van der Waals surface area contributed by atoms with Crippen LogP contribution >= 0.6 is 11.6 Å². The van der Waals surface area contributed by atoms with Crippen LogP contribution in [0.1, 0.15) is 13.2 Å². The van der Waals surface area contributed by atoms with Gasteiger partial charge in [-0.2, -0.15) is 4.98 Å². The second-order valence-electron chi connectivity index (χ2n) is 4.68. The van der Waals surface area contributed by atoms with Crippen LogP contribution in [0.2, 0.25) is 0 Å². The number of rotatable bonds is 2. The number of nitrogens with two attached hydrogens (primary N) is 1. The van der Waals surface area contributed by atoms with Crippen LogP contribution in [-0.2, 0) is 4.74 Å². The van der Waals surface area contributed by atoms with E-state index in [0.29, 0.717) is 0 Å². The smallest absolute Gasteiger partial charge is 0.350 e. The number of ether oxygens (including phenoxy) is 1. The molecule has 0 saturated carbocycles. The molecule has 5 atom stereocenters. The van der Waals surface area contributed by atoms with Gasteiger partial charge in [-0.3, -0.25) is 9.55 Å². The molecule has 1 fully saturated rings. The van der Waals surface area contributed by atoms with Crippen LogP contribution in [-0.4, -0.2) is 48.6 Å². The third-order valence-corrected chi connectivity index (χ3v) is 3.33. The van der Waals surface area contributed by atoms with E-state index in [1.54, 1.807) is 0 Å². The van der Waals surface area contributed by atoms with E-state index >= 15 is 0 Å². The monoisotopic (exact) mass is 316 g/mol. The first-order valence-electron chi connectivity index (χ1n) is 5.92. The minimum Gasteiger partial charge on any atom is -0.391 e. The molecule has 1 saturated heterocycles. The Hall–Kier alpha value is -1.70. The van der Waals surface area contributed by atoms with Crippen LogP contribution in [0.15, 0.2) is 15.9 Å². The molecule has 1 aromatic heterocycles. The molecule has 1 aromatic rings. The summed E-state index contributed by atoms with van der Waals surface area (Å²) in [5.74, 6) is 2.37. The van der Waals surface area contributed by atoms with Crippen LogP contribution in [0.3, 0.4) is 0 Å². The predicted molar refractivity (Wildman–Crippen MR) is 71.3 cm³/mol. The van der Waals surface area contributed by atoms with Crippen molar-refractivity contribution in [3.05, 3.63) is 27.3 Å². The van der Waals surface area contributed by atoms with Crippen LogP contribution in [0.5, 0.6) is 0 Å². The molecular formula is C11H13ClN4O5. The van der Waals surface area contributed by atoms with Crippen LogP contribution in [0, 0.1) is 11.3 Å². The number of halogens is 1. The quantitative estimate of drug-likeness (QED) is 0.440. The number of aromatic amines is 1. The van der Waals surface area contributed by atoms with Gasteiger partial charge in [0.05, 0.1) is 6.10 Å². The van der Waals surface area contributed by atoms with Gasteiger partial charge in [-0.1, -0.05) is 5.92 Å². The number of hydrogen-bond donors (Lipinski definition) is 4. The molecule has 9 nitrogen and oxygen atoms in total. The van der Waals surface area contributed by atoms with Crippen LogP contribution in [0.4, 0.5) is 0 Å². The molecule has 0 spiro atoms. The van der Waals surface area contributed by atoms with E-state index < -0.39 is 41.5 Å². The fraction of sp³-hybridized carbons (Fsp3) is 0.545. The Kier molecular flexibility index (Phi) is 4.18. The Bertz CT molecular complexity index is 705. The molecule has 10 heteroatoms. The lowest BCUT2D eigenvalue weighted by Gasteiger charge is -2.27. The lowest BCUT2D eigenvalue weighted by Crippen LogP contribution is -2.55. The molecule has 0 radical (unpaired) electrons. The summed E-state index contributed by atoms with van der Waals surface area (Å²) in [6.45, 7) is 1.39. The third kappa shape index (κ3) is 2.59. The largest absolute Gasteiger partial charge is 0.391 e. The summed E-state index contributed by atoms with van der Waals surface area (Å²) in [4.78, 5) is 28.1. The van der Waals surface area contributed by atoms with Gasteiger partial charge in [-0.25, -0.2) is 9.59 Å². The summed E-state index contributed by atoms with van der Waals surface area (Å²) >= 11 is 5.35. The van der Waals surface area contributed by atoms with E-state index in [-0.39, 0.29) is 0 Å². The van der Waals surface area contributed by atoms with Gasteiger partial charge in [0.25, 0.3) is 0 Å². The van der Waals surface area contributed by atoms with Gasteiger partial charge in [-0.05, 0) is 18.5 Å². The number of hydrogen-bond acceptors (Lipinski definition) is 7. The molecule has 1 unspecified atom stereocenters. The normalized spacial score (nSPS) is 33.3. The number of H-pyrrole nitrogens is 1. The minimum atomic E-state index is -1.76. The minimum absolute atomic E-state index is 0.840. The van der Waals surface area contributed by atoms with Crippen LogP contribution < -0.4 is 17.1 Å². The molecule has 0 bridgehead atoms. The highest BCUT2D eigenvalue weighted by atomic mass is 35.5. The van der Waals surface area contributed by atoms with Crippen molar-refractivity contribution in [2.75, 3.05) is 0 Å². The van der Waals surface area contributed by atoms with E-state index in [9.17, 15) is 19.8 Å². The Morgan fingerprint density at radius 1 is 1.67 bits per heavy atom. The summed E-state index contributed by atoms with van der Waals surface area (Å²) in [5, 5.41) is 21.9. The first-order chi connectivity index (χ1) is 9.81. The molecule has 114 valence electrons. The fourth-order valence-electron chi connectivity index (χ4n) is 2.17. The molecule has 1 aliphatic heterocycles. The first kappa shape index (κ1) is 15.7. The topological polar surface area (TPSA) is 143 Å². The van der Waals surface area contributed by atoms with E-state index in [4.69, 9.17) is 22.1 Å². The van der Waals surface area contributed by atoms with E-state index in [1.807, 2.05) is 10.4 Å². The lowest BCUT2D eigenvalue weighted by molar-refractivity contribution is -0.0782. The second-order valence-corrected chi connectivity index (χ2v) is 4.87. The van der Waals surface area contributed by atoms with Crippen molar-refractivity contribution >= 4 is 11.6 Å². The van der Waals surface area contributed by atoms with Gasteiger partial charge >= 0.3 is 11.4 Å². The highest BCUT2D eigenvalue weighted by Crippen LogP contribution is 2.36. The van der Waals surface area contributed by atoms with E-state index in [2.05, 4.69) is 10.9 Å². The molecule has 1 aliphatic rings. The van der Waals surface area contributed by atoms with Crippen molar-refractivity contribution < 1.29 is 14.9 Å². The third-order valence-electron chi connectivity index (χ3n) is 3.23. The summed E-state index contributed by atoms with van der Waals surface area (Å²) in [6.07, 6.45) is -3.93. The van der Waals surface area contributed by atoms with Crippen molar-refractivity contribution in [2.24, 2.45) is 5.73 Å². The van der Waals surface area contributed by atoms with Gasteiger partial charge in [0.15, 0.2) is 11.8 Å². The highest BCUT2D eigenvalue weighted by molar-refractivity contribution is 6.30. The number of aromatic nitrogens is 3. The fourth-order valence-corrected chi connectivity index (χ4v) is 2.33. The summed E-state index contributed by atoms with van der Waals surface area (Å²) in [5.41, 5.74) is 2.56. The standard InChI is InChI=1S/C11H13ClN4O5/c1-5(17)6-7(18)11(13,2-3-12)8(21-6)16-4-14-9(19)15-10(16)20/h4-8,17-18H,13H2,1H3,(H,15,19,20)/t5-,6-,7+,8-,11?/m1/s1. The van der Waals surface area contributed by atoms with Crippen LogP contribution in [0.25, 0.3) is 0 Å². The number of aliphatic hydroxyl groups excluding tert-OH is 2. The van der Waals surface area contributed by atoms with E-state index in [0.717, 1.165) is 10.9 Å². The zero-order chi connectivity index (χ0) is 15.8. The maximum atomic E-state index is 11.8. The second kappa shape index (κ2) is 5.59. The zero-order valence-electron chi connectivity index (χ0n) is 10.9. The molecule has 0 aromatic carbocycles. The van der Waals surface area contributed by atoms with E-state index in [1.165, 1.54) is 6.92 Å². The van der Waals surface area contributed by atoms with Crippen molar-refractivity contribution in [3.63, 3.8) is 0 Å². The molecule has 5 N–H and O–H groups in total. The Morgan fingerprint density at radius 3 is 2.86 bits per heavy atom. The van der Waals surface area contributed by atoms with Gasteiger partial charge in [-0.15, -0.1) is 0 Å². The Morgan fingerprint density at radius 2 is 2.33 bits per heavy atom.